The first-order chi connectivity index (χ1) is 11.6. The number of nitrogens with one attached hydrogen (secondary N) is 1. The van der Waals surface area contributed by atoms with Gasteiger partial charge in [-0.1, -0.05) is 30.7 Å². The average molecular weight is 364 g/mol. The van der Waals surface area contributed by atoms with E-state index in [1.54, 1.807) is 7.11 Å². The Kier molecular flexibility index (Phi) is 5.18. The van der Waals surface area contributed by atoms with Gasteiger partial charge in [0.15, 0.2) is 4.96 Å². The number of aromatic nitrogens is 2. The zero-order valence-corrected chi connectivity index (χ0v) is 15.0. The van der Waals surface area contributed by atoms with Gasteiger partial charge in [0.25, 0.3) is 5.91 Å². The minimum Gasteiger partial charge on any atom is -0.383 e. The standard InChI is InChI=1S/C17H18ClN3O2S/c1-3-13(9-23-2)19-16(22)15-10-24-17-20-14(8-21(15)17)11-4-6-12(18)7-5-11/h4-8,10,13H,3,9H2,1-2H3,(H,19,22)/t13-/m0/s1. The molecule has 3 aromatic rings. The Morgan fingerprint density at radius 3 is 2.83 bits per heavy atom. The molecule has 7 heteroatoms. The highest BCUT2D eigenvalue weighted by molar-refractivity contribution is 7.15. The lowest BCUT2D eigenvalue weighted by molar-refractivity contribution is 0.0889. The fraction of sp³-hybridized carbons (Fsp3) is 0.294. The molecule has 0 aliphatic heterocycles. The van der Waals surface area contributed by atoms with Crippen LogP contribution in [0, 0.1) is 0 Å². The van der Waals surface area contributed by atoms with E-state index < -0.39 is 0 Å². The van der Waals surface area contributed by atoms with E-state index in [0.29, 0.717) is 17.3 Å². The van der Waals surface area contributed by atoms with Crippen LogP contribution >= 0.6 is 22.9 Å². The van der Waals surface area contributed by atoms with E-state index in [1.807, 2.05) is 47.2 Å². The number of fused-ring (bicyclic) bond motifs is 1. The lowest BCUT2D eigenvalue weighted by atomic mass is 10.2. The molecule has 1 N–H and O–H groups in total. The first kappa shape index (κ1) is 17.0. The summed E-state index contributed by atoms with van der Waals surface area (Å²) in [5.41, 5.74) is 2.36. The molecule has 0 unspecified atom stereocenters. The van der Waals surface area contributed by atoms with Gasteiger partial charge in [-0.15, -0.1) is 11.3 Å². The zero-order chi connectivity index (χ0) is 17.1. The quantitative estimate of drug-likeness (QED) is 0.723. The second-order valence-electron chi connectivity index (χ2n) is 5.44. The first-order valence-corrected chi connectivity index (χ1v) is 8.90. The third-order valence-electron chi connectivity index (χ3n) is 3.78. The number of thiazole rings is 1. The lowest BCUT2D eigenvalue weighted by Gasteiger charge is -2.15. The van der Waals surface area contributed by atoms with Crippen molar-refractivity contribution in [1.29, 1.82) is 0 Å². The van der Waals surface area contributed by atoms with Crippen LogP contribution in [0.1, 0.15) is 23.8 Å². The number of rotatable bonds is 6. The van der Waals surface area contributed by atoms with Crippen molar-refractivity contribution in [3.63, 3.8) is 0 Å². The molecule has 24 heavy (non-hydrogen) atoms. The fourth-order valence-electron chi connectivity index (χ4n) is 2.43. The molecule has 1 atom stereocenters. The van der Waals surface area contributed by atoms with Crippen molar-refractivity contribution < 1.29 is 9.53 Å². The number of methoxy groups -OCH3 is 1. The van der Waals surface area contributed by atoms with Gasteiger partial charge in [-0.25, -0.2) is 4.98 Å². The number of carbonyl (C=O) groups is 1. The van der Waals surface area contributed by atoms with Crippen molar-refractivity contribution in [2.75, 3.05) is 13.7 Å². The molecule has 0 bridgehead atoms. The van der Waals surface area contributed by atoms with Crippen LogP contribution in [0.2, 0.25) is 5.02 Å². The highest BCUT2D eigenvalue weighted by Gasteiger charge is 2.17. The van der Waals surface area contributed by atoms with Gasteiger partial charge in [0.05, 0.1) is 18.3 Å². The number of imidazole rings is 1. The van der Waals surface area contributed by atoms with Gasteiger partial charge in [0, 0.05) is 29.3 Å². The summed E-state index contributed by atoms with van der Waals surface area (Å²) in [6.07, 6.45) is 2.69. The van der Waals surface area contributed by atoms with Gasteiger partial charge in [0.1, 0.15) is 5.69 Å². The Morgan fingerprint density at radius 1 is 1.42 bits per heavy atom. The topological polar surface area (TPSA) is 55.6 Å². The number of ether oxygens (including phenoxy) is 1. The number of halogens is 1. The average Bonchev–Trinajstić information content (AvgIpc) is 3.15. The van der Waals surface area contributed by atoms with Gasteiger partial charge < -0.3 is 10.1 Å². The zero-order valence-electron chi connectivity index (χ0n) is 13.5. The second kappa shape index (κ2) is 7.34. The maximum Gasteiger partial charge on any atom is 0.269 e. The van der Waals surface area contributed by atoms with Crippen molar-refractivity contribution in [1.82, 2.24) is 14.7 Å². The van der Waals surface area contributed by atoms with Crippen LogP contribution in [0.5, 0.6) is 0 Å². The second-order valence-corrected chi connectivity index (χ2v) is 6.71. The monoisotopic (exact) mass is 363 g/mol. The van der Waals surface area contributed by atoms with Crippen LogP contribution in [0.4, 0.5) is 0 Å². The van der Waals surface area contributed by atoms with E-state index in [9.17, 15) is 4.79 Å². The fourth-order valence-corrected chi connectivity index (χ4v) is 3.41. The summed E-state index contributed by atoms with van der Waals surface area (Å²) in [6, 6.07) is 7.49. The summed E-state index contributed by atoms with van der Waals surface area (Å²) in [6.45, 7) is 2.51. The van der Waals surface area contributed by atoms with Crippen LogP contribution in [0.3, 0.4) is 0 Å². The Hall–Kier alpha value is -1.89. The molecule has 3 rings (SSSR count). The van der Waals surface area contributed by atoms with Gasteiger partial charge in [-0.3, -0.25) is 9.20 Å². The van der Waals surface area contributed by atoms with Gasteiger partial charge in [-0.2, -0.15) is 0 Å². The van der Waals surface area contributed by atoms with E-state index in [1.165, 1.54) is 11.3 Å². The van der Waals surface area contributed by atoms with Crippen LogP contribution in [0.25, 0.3) is 16.2 Å². The summed E-state index contributed by atoms with van der Waals surface area (Å²) in [5, 5.41) is 5.50. The summed E-state index contributed by atoms with van der Waals surface area (Å²) in [4.78, 5) is 17.9. The highest BCUT2D eigenvalue weighted by atomic mass is 35.5. The molecule has 0 radical (unpaired) electrons. The smallest absolute Gasteiger partial charge is 0.269 e. The minimum absolute atomic E-state index is 0.00305. The van der Waals surface area contributed by atoms with Crippen LogP contribution in [-0.2, 0) is 4.74 Å². The first-order valence-electron chi connectivity index (χ1n) is 7.64. The molecule has 2 aromatic heterocycles. The summed E-state index contributed by atoms with van der Waals surface area (Å²) in [7, 11) is 1.63. The van der Waals surface area contributed by atoms with Crippen molar-refractivity contribution in [3.05, 3.63) is 46.6 Å². The van der Waals surface area contributed by atoms with Crippen molar-refractivity contribution in [2.45, 2.75) is 19.4 Å². The number of carbonyl (C=O) groups excluding carboxylic acids is 1. The molecule has 2 heterocycles. The predicted molar refractivity (Wildman–Crippen MR) is 96.9 cm³/mol. The Balaban J connectivity index is 1.87. The minimum atomic E-state index is -0.120. The van der Waals surface area contributed by atoms with E-state index in [-0.39, 0.29) is 11.9 Å². The number of benzene rings is 1. The molecule has 0 fully saturated rings. The largest absolute Gasteiger partial charge is 0.383 e. The SMILES string of the molecule is CC[C@@H](COC)NC(=O)c1csc2nc(-c3ccc(Cl)cc3)cn12. The molecule has 0 aliphatic rings. The summed E-state index contributed by atoms with van der Waals surface area (Å²) >= 11 is 7.37. The molecule has 1 amide bonds. The summed E-state index contributed by atoms with van der Waals surface area (Å²) < 4.78 is 6.95. The van der Waals surface area contributed by atoms with Crippen LogP contribution < -0.4 is 5.32 Å². The number of nitrogens with zero attached hydrogens (tertiary/aromatic N) is 2. The molecule has 1 aromatic carbocycles. The molecule has 0 saturated heterocycles. The van der Waals surface area contributed by atoms with Crippen LogP contribution in [0.15, 0.2) is 35.8 Å². The number of hydrogen-bond acceptors (Lipinski definition) is 4. The molecule has 126 valence electrons. The van der Waals surface area contributed by atoms with E-state index in [0.717, 1.165) is 22.6 Å². The third-order valence-corrected chi connectivity index (χ3v) is 4.87. The number of amides is 1. The Morgan fingerprint density at radius 2 is 2.17 bits per heavy atom. The molecular weight excluding hydrogens is 346 g/mol. The van der Waals surface area contributed by atoms with E-state index in [4.69, 9.17) is 16.3 Å². The molecular formula is C17H18ClN3O2S. The molecule has 0 spiro atoms. The normalized spacial score (nSPS) is 12.5. The van der Waals surface area contributed by atoms with E-state index in [2.05, 4.69) is 10.3 Å². The third kappa shape index (κ3) is 3.45. The maximum atomic E-state index is 12.5. The Bertz CT molecular complexity index is 841. The van der Waals surface area contributed by atoms with Gasteiger partial charge in [0.2, 0.25) is 0 Å². The van der Waals surface area contributed by atoms with Crippen molar-refractivity contribution in [3.8, 4) is 11.3 Å². The van der Waals surface area contributed by atoms with E-state index >= 15 is 0 Å². The van der Waals surface area contributed by atoms with Gasteiger partial charge >= 0.3 is 0 Å². The maximum absolute atomic E-state index is 12.5. The van der Waals surface area contributed by atoms with Crippen molar-refractivity contribution >= 4 is 33.8 Å². The van der Waals surface area contributed by atoms with Gasteiger partial charge in [-0.05, 0) is 18.6 Å². The molecule has 0 saturated carbocycles. The lowest BCUT2D eigenvalue weighted by Crippen LogP contribution is -2.37. The van der Waals surface area contributed by atoms with Crippen LogP contribution in [-0.4, -0.2) is 35.1 Å². The molecule has 5 nitrogen and oxygen atoms in total. The molecule has 0 aliphatic carbocycles. The summed E-state index contributed by atoms with van der Waals surface area (Å²) in [5.74, 6) is -0.120. The van der Waals surface area contributed by atoms with Crippen molar-refractivity contribution in [2.24, 2.45) is 0 Å². The number of hydrogen-bond donors (Lipinski definition) is 1. The highest BCUT2D eigenvalue weighted by Crippen LogP contribution is 2.25. The Labute approximate surface area is 149 Å². The predicted octanol–water partition coefficient (Wildman–Crippen LogP) is 3.87.